The summed E-state index contributed by atoms with van der Waals surface area (Å²) in [5.41, 5.74) is 6.38. The van der Waals surface area contributed by atoms with Crippen LogP contribution in [0.25, 0.3) is 28.2 Å². The standard InChI is InChI=1S/C39H50N4O5/c1-24-20-30-28-13-11-14-29(22-28)31-23-43-35(33(27(4)40-37(43)41-31)34(36(44)45)48-38(5,6)7)42-17-15-39(8,16-18-42)46-19-10-9-12-26(3)47-32(30)21-25(24)2/h11,13-14,20-23,26,34H,9-10,12,15-19H2,1-8H3,(H,44,45)/t26-,34-/m0/s1. The summed E-state index contributed by atoms with van der Waals surface area (Å²) in [6, 6.07) is 12.7. The minimum Gasteiger partial charge on any atom is -0.490 e. The van der Waals surface area contributed by atoms with Crippen molar-refractivity contribution in [3.05, 3.63) is 65.0 Å². The summed E-state index contributed by atoms with van der Waals surface area (Å²) in [5, 5.41) is 10.5. The van der Waals surface area contributed by atoms with Crippen LogP contribution < -0.4 is 9.64 Å². The molecule has 2 aromatic heterocycles. The fourth-order valence-corrected chi connectivity index (χ4v) is 6.88. The summed E-state index contributed by atoms with van der Waals surface area (Å²) in [7, 11) is 0. The maximum absolute atomic E-state index is 12.8. The molecule has 0 saturated carbocycles. The van der Waals surface area contributed by atoms with E-state index in [0.717, 1.165) is 66.1 Å². The van der Waals surface area contributed by atoms with Crippen LogP contribution in [0.1, 0.15) is 95.2 Å². The number of carboxylic acids is 1. The van der Waals surface area contributed by atoms with Gasteiger partial charge in [-0.1, -0.05) is 18.2 Å². The molecule has 2 aromatic carbocycles. The molecule has 0 spiro atoms. The maximum atomic E-state index is 12.8. The van der Waals surface area contributed by atoms with Crippen molar-refractivity contribution in [2.24, 2.45) is 0 Å². The first-order chi connectivity index (χ1) is 22.7. The first-order valence-corrected chi connectivity index (χ1v) is 17.3. The van der Waals surface area contributed by atoms with Crippen molar-refractivity contribution in [1.82, 2.24) is 14.4 Å². The predicted molar refractivity (Wildman–Crippen MR) is 189 cm³/mol. The van der Waals surface area contributed by atoms with Crippen LogP contribution in [0.5, 0.6) is 5.75 Å². The molecule has 3 aliphatic rings. The fraction of sp³-hybridized carbons (Fsp3) is 0.513. The van der Waals surface area contributed by atoms with E-state index in [1.54, 1.807) is 0 Å². The first-order valence-electron chi connectivity index (χ1n) is 17.3. The highest BCUT2D eigenvalue weighted by atomic mass is 16.5. The number of hydrogen-bond donors (Lipinski definition) is 1. The third-order valence-corrected chi connectivity index (χ3v) is 9.74. The molecule has 1 saturated heterocycles. The zero-order valence-electron chi connectivity index (χ0n) is 29.7. The zero-order valence-corrected chi connectivity index (χ0v) is 29.7. The average Bonchev–Trinajstić information content (AvgIpc) is 3.44. The van der Waals surface area contributed by atoms with Gasteiger partial charge in [-0.3, -0.25) is 4.40 Å². The van der Waals surface area contributed by atoms with Crippen LogP contribution in [0.3, 0.4) is 0 Å². The molecule has 2 atom stereocenters. The number of piperidine rings is 1. The highest BCUT2D eigenvalue weighted by Gasteiger charge is 2.37. The van der Waals surface area contributed by atoms with Gasteiger partial charge in [-0.2, -0.15) is 0 Å². The van der Waals surface area contributed by atoms with Gasteiger partial charge in [0, 0.05) is 37.0 Å². The maximum Gasteiger partial charge on any atom is 0.337 e. The van der Waals surface area contributed by atoms with E-state index in [1.807, 2.05) is 38.3 Å². The Morgan fingerprint density at radius 3 is 2.46 bits per heavy atom. The van der Waals surface area contributed by atoms with Crippen LogP contribution in [-0.4, -0.2) is 62.4 Å². The Labute approximate surface area is 284 Å². The number of benzene rings is 2. The van der Waals surface area contributed by atoms with Gasteiger partial charge in [0.05, 0.1) is 34.3 Å². The topological polar surface area (TPSA) is 98.4 Å². The number of rotatable bonds is 3. The van der Waals surface area contributed by atoms with E-state index >= 15 is 0 Å². The van der Waals surface area contributed by atoms with Gasteiger partial charge in [-0.15, -0.1) is 0 Å². The molecule has 7 rings (SSSR count). The number of ether oxygens (including phenoxy) is 3. The smallest absolute Gasteiger partial charge is 0.337 e. The van der Waals surface area contributed by atoms with Gasteiger partial charge in [-0.05, 0) is 122 Å². The third kappa shape index (κ3) is 7.08. The molecule has 9 nitrogen and oxygen atoms in total. The molecular formula is C39H50N4O5. The molecule has 1 fully saturated rings. The van der Waals surface area contributed by atoms with Crippen LogP contribution in [0.2, 0.25) is 0 Å². The normalized spacial score (nSPS) is 21.2. The second-order valence-corrected chi connectivity index (χ2v) is 14.9. The second-order valence-electron chi connectivity index (χ2n) is 14.9. The van der Waals surface area contributed by atoms with Crippen molar-refractivity contribution in [3.63, 3.8) is 0 Å². The van der Waals surface area contributed by atoms with Crippen LogP contribution in [0, 0.1) is 20.8 Å². The molecule has 5 heterocycles. The van der Waals surface area contributed by atoms with Gasteiger partial charge in [0.1, 0.15) is 11.6 Å². The Morgan fingerprint density at radius 1 is 1.04 bits per heavy atom. The minimum atomic E-state index is -1.20. The summed E-state index contributed by atoms with van der Waals surface area (Å²) >= 11 is 0. The van der Waals surface area contributed by atoms with Crippen molar-refractivity contribution in [3.8, 4) is 28.1 Å². The molecule has 1 N–H and O–H groups in total. The Bertz CT molecular complexity index is 1820. The van der Waals surface area contributed by atoms with Gasteiger partial charge < -0.3 is 24.2 Å². The number of imidazole rings is 1. The summed E-state index contributed by atoms with van der Waals surface area (Å²) < 4.78 is 21.3. The van der Waals surface area contributed by atoms with Crippen LogP contribution in [-0.2, 0) is 14.3 Å². The number of hydrogen-bond acceptors (Lipinski definition) is 7. The number of aryl methyl sites for hydroxylation is 3. The Balaban J connectivity index is 1.54. The molecule has 48 heavy (non-hydrogen) atoms. The summed E-state index contributed by atoms with van der Waals surface area (Å²) in [5.74, 6) is 1.12. The van der Waals surface area contributed by atoms with E-state index in [4.69, 9.17) is 24.2 Å². The zero-order chi connectivity index (χ0) is 34.4. The van der Waals surface area contributed by atoms with E-state index < -0.39 is 17.7 Å². The van der Waals surface area contributed by atoms with Gasteiger partial charge in [0.25, 0.3) is 0 Å². The van der Waals surface area contributed by atoms with Gasteiger partial charge >= 0.3 is 5.97 Å². The Hall–Kier alpha value is -3.95. The van der Waals surface area contributed by atoms with Gasteiger partial charge in [0.15, 0.2) is 6.10 Å². The highest BCUT2D eigenvalue weighted by molar-refractivity contribution is 5.80. The second kappa shape index (κ2) is 13.2. The largest absolute Gasteiger partial charge is 0.490 e. The van der Waals surface area contributed by atoms with Crippen molar-refractivity contribution < 1.29 is 24.1 Å². The molecule has 0 aliphatic carbocycles. The van der Waals surface area contributed by atoms with Gasteiger partial charge in [-0.25, -0.2) is 14.8 Å². The lowest BCUT2D eigenvalue weighted by molar-refractivity contribution is -0.160. The molecule has 4 aromatic rings. The predicted octanol–water partition coefficient (Wildman–Crippen LogP) is 8.26. The molecule has 0 amide bonds. The minimum absolute atomic E-state index is 0.0655. The van der Waals surface area contributed by atoms with E-state index in [2.05, 4.69) is 69.0 Å². The van der Waals surface area contributed by atoms with Crippen LogP contribution in [0.4, 0.5) is 5.82 Å². The van der Waals surface area contributed by atoms with Crippen LogP contribution >= 0.6 is 0 Å². The molecular weight excluding hydrogens is 604 g/mol. The van der Waals surface area contributed by atoms with E-state index in [0.29, 0.717) is 36.7 Å². The van der Waals surface area contributed by atoms with Crippen molar-refractivity contribution in [2.45, 2.75) is 111 Å². The molecule has 256 valence electrons. The molecule has 0 radical (unpaired) electrons. The fourth-order valence-electron chi connectivity index (χ4n) is 6.88. The average molecular weight is 655 g/mol. The molecule has 0 unspecified atom stereocenters. The van der Waals surface area contributed by atoms with Crippen molar-refractivity contribution in [2.75, 3.05) is 24.6 Å². The first kappa shape index (κ1) is 33.9. The number of fused-ring (bicyclic) bond motifs is 8. The number of aromatic nitrogens is 3. The molecule has 9 heteroatoms. The van der Waals surface area contributed by atoms with E-state index in [1.165, 1.54) is 11.1 Å². The number of carbonyl (C=O) groups is 1. The highest BCUT2D eigenvalue weighted by Crippen LogP contribution is 2.40. The van der Waals surface area contributed by atoms with E-state index in [-0.39, 0.29) is 11.7 Å². The number of nitrogens with zero attached hydrogens (tertiary/aromatic N) is 4. The third-order valence-electron chi connectivity index (χ3n) is 9.74. The quantitative estimate of drug-likeness (QED) is 0.236. The van der Waals surface area contributed by atoms with Crippen molar-refractivity contribution >= 4 is 17.6 Å². The molecule has 3 aliphatic heterocycles. The lowest BCUT2D eigenvalue weighted by Crippen LogP contribution is -2.45. The molecule has 6 bridgehead atoms. The van der Waals surface area contributed by atoms with E-state index in [9.17, 15) is 9.90 Å². The lowest BCUT2D eigenvalue weighted by Gasteiger charge is -2.41. The number of anilines is 1. The van der Waals surface area contributed by atoms with Crippen LogP contribution in [0.15, 0.2) is 42.6 Å². The summed E-state index contributed by atoms with van der Waals surface area (Å²) in [6.07, 6.45) is 5.39. The Morgan fingerprint density at radius 2 is 1.75 bits per heavy atom. The van der Waals surface area contributed by atoms with Gasteiger partial charge in [0.2, 0.25) is 5.78 Å². The Kier molecular flexibility index (Phi) is 9.30. The monoisotopic (exact) mass is 654 g/mol. The SMILES string of the molecule is Cc1cc2c(cc1C)-c1cccc(c1)-c1cn3c(c([C@H](OC(C)(C)C)C(=O)O)c(C)nc3n1)N1CCC(C)(CC1)OCCCC[C@H](C)O2. The number of carboxylic acid groups (broad SMARTS) is 1. The summed E-state index contributed by atoms with van der Waals surface area (Å²) in [4.78, 5) is 25.0. The van der Waals surface area contributed by atoms with Crippen molar-refractivity contribution in [1.29, 1.82) is 0 Å². The summed E-state index contributed by atoms with van der Waals surface area (Å²) in [6.45, 7) is 18.2. The number of aliphatic carboxylic acids is 1. The lowest BCUT2D eigenvalue weighted by atomic mass is 9.92.